The number of nitrogens with one attached hydrogen (secondary N) is 2. The summed E-state index contributed by atoms with van der Waals surface area (Å²) >= 11 is 1.50. The molecule has 0 spiro atoms. The minimum absolute atomic E-state index is 0.106. The van der Waals surface area contributed by atoms with Crippen molar-refractivity contribution in [1.82, 2.24) is 0 Å². The second kappa shape index (κ2) is 9.78. The van der Waals surface area contributed by atoms with Gasteiger partial charge in [-0.1, -0.05) is 6.92 Å². The molecular formula is C22H28N2O4S. The van der Waals surface area contributed by atoms with Gasteiger partial charge < -0.3 is 20.1 Å². The van der Waals surface area contributed by atoms with Crippen LogP contribution >= 0.6 is 11.3 Å². The third kappa shape index (κ3) is 5.29. The van der Waals surface area contributed by atoms with E-state index >= 15 is 0 Å². The van der Waals surface area contributed by atoms with E-state index in [2.05, 4.69) is 17.6 Å². The van der Waals surface area contributed by atoms with Gasteiger partial charge in [-0.25, -0.2) is 4.79 Å². The van der Waals surface area contributed by atoms with Gasteiger partial charge in [-0.15, -0.1) is 11.3 Å². The van der Waals surface area contributed by atoms with Crippen molar-refractivity contribution >= 4 is 33.9 Å². The maximum Gasteiger partial charge on any atom is 0.341 e. The lowest BCUT2D eigenvalue weighted by Gasteiger charge is -2.18. The molecule has 2 N–H and O–H groups in total. The van der Waals surface area contributed by atoms with Gasteiger partial charge in [-0.2, -0.15) is 0 Å². The molecule has 6 nitrogen and oxygen atoms in total. The summed E-state index contributed by atoms with van der Waals surface area (Å²) in [7, 11) is 0. The molecule has 7 heteroatoms. The number of anilines is 2. The fourth-order valence-corrected chi connectivity index (χ4v) is 4.86. The number of benzene rings is 1. The molecule has 1 heterocycles. The van der Waals surface area contributed by atoms with Crippen LogP contribution in [0.15, 0.2) is 24.3 Å². The molecule has 0 radical (unpaired) electrons. The Morgan fingerprint density at radius 3 is 2.62 bits per heavy atom. The first-order valence-electron chi connectivity index (χ1n) is 10.1. The average molecular weight is 417 g/mol. The number of hydrogen-bond donors (Lipinski definition) is 2. The summed E-state index contributed by atoms with van der Waals surface area (Å²) in [6.45, 7) is 6.97. The van der Waals surface area contributed by atoms with Crippen LogP contribution in [0.3, 0.4) is 0 Å². The van der Waals surface area contributed by atoms with Crippen molar-refractivity contribution in [3.05, 3.63) is 40.3 Å². The van der Waals surface area contributed by atoms with Crippen LogP contribution < -0.4 is 15.4 Å². The molecular weight excluding hydrogens is 388 g/mol. The fraction of sp³-hybridized carbons (Fsp3) is 0.455. The monoisotopic (exact) mass is 416 g/mol. The van der Waals surface area contributed by atoms with Gasteiger partial charge >= 0.3 is 5.97 Å². The van der Waals surface area contributed by atoms with Crippen molar-refractivity contribution in [2.75, 3.05) is 30.4 Å². The van der Waals surface area contributed by atoms with Gasteiger partial charge in [0.2, 0.25) is 5.91 Å². The third-order valence-corrected chi connectivity index (χ3v) is 6.03. The predicted molar refractivity (Wildman–Crippen MR) is 116 cm³/mol. The lowest BCUT2D eigenvalue weighted by atomic mass is 9.88. The van der Waals surface area contributed by atoms with Gasteiger partial charge in [0.1, 0.15) is 10.8 Å². The van der Waals surface area contributed by atoms with E-state index in [1.807, 2.05) is 31.2 Å². The van der Waals surface area contributed by atoms with E-state index in [0.29, 0.717) is 29.7 Å². The minimum Gasteiger partial charge on any atom is -0.494 e. The van der Waals surface area contributed by atoms with Gasteiger partial charge in [0, 0.05) is 10.6 Å². The van der Waals surface area contributed by atoms with Gasteiger partial charge in [0.15, 0.2) is 0 Å². The SMILES string of the molecule is CCOC(=O)c1c(NC(=O)CNc2ccc(OCC)cc2)sc2c1CC[C@@H](C)C2. The van der Waals surface area contributed by atoms with Gasteiger partial charge in [0.05, 0.1) is 25.3 Å². The van der Waals surface area contributed by atoms with Crippen LogP contribution in [0.4, 0.5) is 10.7 Å². The van der Waals surface area contributed by atoms with E-state index in [1.54, 1.807) is 6.92 Å². The summed E-state index contributed by atoms with van der Waals surface area (Å²) in [5.41, 5.74) is 2.41. The molecule has 1 atom stereocenters. The van der Waals surface area contributed by atoms with Crippen molar-refractivity contribution in [2.45, 2.75) is 40.0 Å². The zero-order chi connectivity index (χ0) is 20.8. The highest BCUT2D eigenvalue weighted by Crippen LogP contribution is 2.40. The molecule has 0 saturated heterocycles. The predicted octanol–water partition coefficient (Wildman–Crippen LogP) is 4.50. The third-order valence-electron chi connectivity index (χ3n) is 4.86. The zero-order valence-electron chi connectivity index (χ0n) is 17.2. The molecule has 1 amide bonds. The summed E-state index contributed by atoms with van der Waals surface area (Å²) in [4.78, 5) is 26.2. The van der Waals surface area contributed by atoms with E-state index in [4.69, 9.17) is 9.47 Å². The quantitative estimate of drug-likeness (QED) is 0.620. The first kappa shape index (κ1) is 21.2. The highest BCUT2D eigenvalue weighted by atomic mass is 32.1. The normalized spacial score (nSPS) is 15.3. The smallest absolute Gasteiger partial charge is 0.341 e. The molecule has 0 unspecified atom stereocenters. The number of carbonyl (C=O) groups is 2. The van der Waals surface area contributed by atoms with Gasteiger partial charge in [0.25, 0.3) is 0 Å². The summed E-state index contributed by atoms with van der Waals surface area (Å²) in [6, 6.07) is 7.45. The maximum atomic E-state index is 12.5. The molecule has 0 fully saturated rings. The second-order valence-electron chi connectivity index (χ2n) is 7.14. The molecule has 29 heavy (non-hydrogen) atoms. The summed E-state index contributed by atoms with van der Waals surface area (Å²) in [5.74, 6) is 0.825. The summed E-state index contributed by atoms with van der Waals surface area (Å²) in [5, 5.41) is 6.61. The van der Waals surface area contributed by atoms with E-state index in [0.717, 1.165) is 36.3 Å². The van der Waals surface area contributed by atoms with Crippen LogP contribution in [-0.2, 0) is 22.4 Å². The van der Waals surface area contributed by atoms with Crippen molar-refractivity contribution in [3.8, 4) is 5.75 Å². The van der Waals surface area contributed by atoms with E-state index in [-0.39, 0.29) is 18.4 Å². The van der Waals surface area contributed by atoms with Crippen molar-refractivity contribution in [2.24, 2.45) is 5.92 Å². The maximum absolute atomic E-state index is 12.5. The van der Waals surface area contributed by atoms with Crippen LogP contribution in [0.2, 0.25) is 0 Å². The lowest BCUT2D eigenvalue weighted by Crippen LogP contribution is -2.22. The number of ether oxygens (including phenoxy) is 2. The highest BCUT2D eigenvalue weighted by Gasteiger charge is 2.29. The van der Waals surface area contributed by atoms with Crippen LogP contribution in [0.25, 0.3) is 0 Å². The minimum atomic E-state index is -0.352. The number of rotatable bonds is 8. The standard InChI is InChI=1S/C22H28N2O4S/c1-4-27-16-9-7-15(8-10-16)23-13-19(25)24-21-20(22(26)28-5-2)17-11-6-14(3)12-18(17)29-21/h7-10,14,23H,4-6,11-13H2,1-3H3,(H,24,25)/t14-/m1/s1. The van der Waals surface area contributed by atoms with Crippen LogP contribution in [0.5, 0.6) is 5.75 Å². The number of hydrogen-bond acceptors (Lipinski definition) is 6. The molecule has 0 saturated carbocycles. The van der Waals surface area contributed by atoms with E-state index in [1.165, 1.54) is 16.2 Å². The Morgan fingerprint density at radius 2 is 1.93 bits per heavy atom. The summed E-state index contributed by atoms with van der Waals surface area (Å²) < 4.78 is 10.7. The lowest BCUT2D eigenvalue weighted by molar-refractivity contribution is -0.114. The molecule has 0 bridgehead atoms. The summed E-state index contributed by atoms with van der Waals surface area (Å²) in [6.07, 6.45) is 2.83. The van der Waals surface area contributed by atoms with Gasteiger partial charge in [-0.05, 0) is 68.9 Å². The zero-order valence-corrected chi connectivity index (χ0v) is 18.0. The van der Waals surface area contributed by atoms with Crippen LogP contribution in [0, 0.1) is 5.92 Å². The Bertz CT molecular complexity index is 860. The Hall–Kier alpha value is -2.54. The van der Waals surface area contributed by atoms with E-state index in [9.17, 15) is 9.59 Å². The first-order chi connectivity index (χ1) is 14.0. The number of carbonyl (C=O) groups excluding carboxylic acids is 2. The molecule has 0 aliphatic heterocycles. The Kier molecular flexibility index (Phi) is 7.14. The number of esters is 1. The Balaban J connectivity index is 1.68. The van der Waals surface area contributed by atoms with Crippen LogP contribution in [-0.4, -0.2) is 31.6 Å². The highest BCUT2D eigenvalue weighted by molar-refractivity contribution is 7.17. The molecule has 1 aliphatic rings. The van der Waals surface area contributed by atoms with Crippen LogP contribution in [0.1, 0.15) is 48.0 Å². The number of fused-ring (bicyclic) bond motifs is 1. The van der Waals surface area contributed by atoms with Crippen molar-refractivity contribution in [1.29, 1.82) is 0 Å². The Labute approximate surface area is 175 Å². The second-order valence-corrected chi connectivity index (χ2v) is 8.24. The molecule has 2 aromatic rings. The van der Waals surface area contributed by atoms with Crippen molar-refractivity contribution in [3.63, 3.8) is 0 Å². The molecule has 1 aromatic carbocycles. The topological polar surface area (TPSA) is 76.7 Å². The first-order valence-corrected chi connectivity index (χ1v) is 10.9. The average Bonchev–Trinajstić information content (AvgIpc) is 3.04. The number of thiophene rings is 1. The molecule has 1 aliphatic carbocycles. The molecule has 156 valence electrons. The Morgan fingerprint density at radius 1 is 1.17 bits per heavy atom. The fourth-order valence-electron chi connectivity index (χ4n) is 3.45. The molecule has 3 rings (SSSR count). The molecule has 1 aromatic heterocycles. The van der Waals surface area contributed by atoms with Gasteiger partial charge in [-0.3, -0.25) is 4.79 Å². The van der Waals surface area contributed by atoms with E-state index < -0.39 is 0 Å². The largest absolute Gasteiger partial charge is 0.494 e. The number of amides is 1. The van der Waals surface area contributed by atoms with Crippen molar-refractivity contribution < 1.29 is 19.1 Å².